The Hall–Kier alpha value is -2.63. The summed E-state index contributed by atoms with van der Waals surface area (Å²) in [4.78, 5) is 26.6. The van der Waals surface area contributed by atoms with Crippen molar-refractivity contribution in [3.63, 3.8) is 0 Å². The number of nitrogens with zero attached hydrogens (tertiary/aromatic N) is 2. The van der Waals surface area contributed by atoms with E-state index in [2.05, 4.69) is 10.2 Å². The van der Waals surface area contributed by atoms with E-state index >= 15 is 0 Å². The number of hydrogen-bond acceptors (Lipinski definition) is 3. The lowest BCUT2D eigenvalue weighted by Gasteiger charge is -2.18. The van der Waals surface area contributed by atoms with Crippen LogP contribution < -0.4 is 0 Å². The van der Waals surface area contributed by atoms with E-state index < -0.39 is 11.9 Å². The summed E-state index contributed by atoms with van der Waals surface area (Å²) in [5.41, 5.74) is 4.64. The number of rotatable bonds is 3. The van der Waals surface area contributed by atoms with E-state index in [0.29, 0.717) is 12.2 Å². The predicted octanol–water partition coefficient (Wildman–Crippen LogP) is 2.54. The fourth-order valence-corrected chi connectivity index (χ4v) is 4.35. The van der Waals surface area contributed by atoms with Crippen molar-refractivity contribution in [1.82, 2.24) is 15.1 Å². The molecule has 1 aliphatic heterocycles. The largest absolute Gasteiger partial charge is 0.481 e. The van der Waals surface area contributed by atoms with Crippen LogP contribution in [-0.2, 0) is 17.6 Å². The number of fused-ring (bicyclic) bond motifs is 1. The van der Waals surface area contributed by atoms with Crippen molar-refractivity contribution in [2.75, 3.05) is 13.1 Å². The summed E-state index contributed by atoms with van der Waals surface area (Å²) in [5, 5.41) is 17.0. The standard InChI is InChI=1S/C20H23N3O3/c1-12-6-2-3-7-13(12)15-10-23(11-16(15)20(25)26)19(24)18-14-8-4-5-9-17(14)21-22-18/h2-3,6-7,15-16H,4-5,8-11H2,1H3,(H,21,22)(H,25,26). The van der Waals surface area contributed by atoms with E-state index in [4.69, 9.17) is 0 Å². The van der Waals surface area contributed by atoms with Gasteiger partial charge in [0.1, 0.15) is 0 Å². The molecule has 26 heavy (non-hydrogen) atoms. The summed E-state index contributed by atoms with van der Waals surface area (Å²) < 4.78 is 0. The summed E-state index contributed by atoms with van der Waals surface area (Å²) in [6, 6.07) is 7.83. The number of benzene rings is 1. The van der Waals surface area contributed by atoms with Crippen LogP contribution in [0.5, 0.6) is 0 Å². The Morgan fingerprint density at radius 2 is 1.96 bits per heavy atom. The number of aryl methyl sites for hydroxylation is 2. The minimum Gasteiger partial charge on any atom is -0.481 e. The van der Waals surface area contributed by atoms with Crippen molar-refractivity contribution in [3.05, 3.63) is 52.3 Å². The highest BCUT2D eigenvalue weighted by molar-refractivity contribution is 5.95. The van der Waals surface area contributed by atoms with Crippen molar-refractivity contribution < 1.29 is 14.7 Å². The van der Waals surface area contributed by atoms with E-state index in [1.165, 1.54) is 0 Å². The number of carboxylic acid groups (broad SMARTS) is 1. The molecule has 4 rings (SSSR count). The highest BCUT2D eigenvalue weighted by atomic mass is 16.4. The zero-order valence-electron chi connectivity index (χ0n) is 14.9. The molecule has 6 nitrogen and oxygen atoms in total. The maximum Gasteiger partial charge on any atom is 0.308 e. The molecule has 0 radical (unpaired) electrons. The number of aromatic amines is 1. The molecule has 2 heterocycles. The molecule has 2 aliphatic rings. The highest BCUT2D eigenvalue weighted by Crippen LogP contribution is 2.35. The second-order valence-corrected chi connectivity index (χ2v) is 7.35. The van der Waals surface area contributed by atoms with Crippen molar-refractivity contribution in [2.45, 2.75) is 38.5 Å². The third-order valence-electron chi connectivity index (χ3n) is 5.77. The molecule has 2 N–H and O–H groups in total. The van der Waals surface area contributed by atoms with Gasteiger partial charge in [-0.15, -0.1) is 0 Å². The summed E-state index contributed by atoms with van der Waals surface area (Å²) in [7, 11) is 0. The fourth-order valence-electron chi connectivity index (χ4n) is 4.35. The van der Waals surface area contributed by atoms with Crippen LogP contribution in [0.4, 0.5) is 0 Å². The summed E-state index contributed by atoms with van der Waals surface area (Å²) in [6.07, 6.45) is 3.98. The van der Waals surface area contributed by atoms with Gasteiger partial charge in [0.25, 0.3) is 5.91 Å². The normalized spacial score (nSPS) is 22.3. The molecule has 1 aromatic heterocycles. The van der Waals surface area contributed by atoms with Gasteiger partial charge in [0.2, 0.25) is 0 Å². The molecule has 1 amide bonds. The van der Waals surface area contributed by atoms with Crippen molar-refractivity contribution in [1.29, 1.82) is 0 Å². The van der Waals surface area contributed by atoms with Gasteiger partial charge in [-0.2, -0.15) is 5.10 Å². The maximum atomic E-state index is 13.1. The van der Waals surface area contributed by atoms with Crippen LogP contribution in [0.15, 0.2) is 24.3 Å². The summed E-state index contributed by atoms with van der Waals surface area (Å²) >= 11 is 0. The van der Waals surface area contributed by atoms with Crippen molar-refractivity contribution >= 4 is 11.9 Å². The summed E-state index contributed by atoms with van der Waals surface area (Å²) in [5.74, 6) is -1.77. The van der Waals surface area contributed by atoms with Gasteiger partial charge < -0.3 is 10.0 Å². The number of carbonyl (C=O) groups is 2. The first-order valence-electron chi connectivity index (χ1n) is 9.20. The molecule has 2 atom stereocenters. The predicted molar refractivity (Wildman–Crippen MR) is 96.2 cm³/mol. The SMILES string of the molecule is Cc1ccccc1C1CN(C(=O)c2n[nH]c3c2CCCC3)CC1C(=O)O. The molecule has 0 spiro atoms. The quantitative estimate of drug-likeness (QED) is 0.888. The zero-order valence-corrected chi connectivity index (χ0v) is 14.9. The van der Waals surface area contributed by atoms with Crippen LogP contribution in [-0.4, -0.2) is 45.2 Å². The Kier molecular flexibility index (Phi) is 4.26. The topological polar surface area (TPSA) is 86.3 Å². The molecule has 1 saturated heterocycles. The average molecular weight is 353 g/mol. The fraction of sp³-hybridized carbons (Fsp3) is 0.450. The van der Waals surface area contributed by atoms with E-state index in [1.807, 2.05) is 31.2 Å². The number of H-pyrrole nitrogens is 1. The van der Waals surface area contributed by atoms with E-state index in [1.54, 1.807) is 4.90 Å². The molecule has 2 aromatic rings. The molecule has 2 unspecified atom stereocenters. The second-order valence-electron chi connectivity index (χ2n) is 7.35. The van der Waals surface area contributed by atoms with Crippen LogP contribution in [0.2, 0.25) is 0 Å². The molecule has 136 valence electrons. The van der Waals surface area contributed by atoms with Crippen LogP contribution in [0.1, 0.15) is 51.6 Å². The van der Waals surface area contributed by atoms with Gasteiger partial charge in [-0.3, -0.25) is 14.7 Å². The summed E-state index contributed by atoms with van der Waals surface area (Å²) in [6.45, 7) is 2.64. The number of carbonyl (C=O) groups excluding carboxylic acids is 1. The Bertz CT molecular complexity index is 858. The van der Waals surface area contributed by atoms with Gasteiger partial charge in [0, 0.05) is 30.3 Å². The molecular formula is C20H23N3O3. The number of aromatic nitrogens is 2. The molecule has 0 saturated carbocycles. The van der Waals surface area contributed by atoms with Crippen LogP contribution in [0.3, 0.4) is 0 Å². The average Bonchev–Trinajstić information content (AvgIpc) is 3.26. The van der Waals surface area contributed by atoms with Crippen LogP contribution in [0, 0.1) is 12.8 Å². The number of nitrogens with one attached hydrogen (secondary N) is 1. The molecule has 1 fully saturated rings. The van der Waals surface area contributed by atoms with E-state index in [0.717, 1.165) is 48.1 Å². The number of likely N-dealkylation sites (tertiary alicyclic amines) is 1. The van der Waals surface area contributed by atoms with E-state index in [9.17, 15) is 14.7 Å². The van der Waals surface area contributed by atoms with Gasteiger partial charge in [-0.1, -0.05) is 24.3 Å². The first kappa shape index (κ1) is 16.8. The first-order valence-corrected chi connectivity index (χ1v) is 9.20. The molecular weight excluding hydrogens is 330 g/mol. The molecule has 1 aliphatic carbocycles. The maximum absolute atomic E-state index is 13.1. The lowest BCUT2D eigenvalue weighted by molar-refractivity contribution is -0.141. The lowest BCUT2D eigenvalue weighted by atomic mass is 9.86. The van der Waals surface area contributed by atoms with Gasteiger partial charge >= 0.3 is 5.97 Å². The molecule has 0 bridgehead atoms. The number of hydrogen-bond donors (Lipinski definition) is 2. The zero-order chi connectivity index (χ0) is 18.3. The number of carboxylic acids is 1. The van der Waals surface area contributed by atoms with Gasteiger partial charge in [0.05, 0.1) is 5.92 Å². The minimum absolute atomic E-state index is 0.147. The number of amides is 1. The van der Waals surface area contributed by atoms with Crippen molar-refractivity contribution in [3.8, 4) is 0 Å². The van der Waals surface area contributed by atoms with Gasteiger partial charge in [0.15, 0.2) is 5.69 Å². The third kappa shape index (κ3) is 2.79. The Labute approximate surface area is 152 Å². The van der Waals surface area contributed by atoms with Crippen LogP contribution >= 0.6 is 0 Å². The lowest BCUT2D eigenvalue weighted by Crippen LogP contribution is -2.31. The van der Waals surface area contributed by atoms with Gasteiger partial charge in [-0.05, 0) is 43.7 Å². The number of aliphatic carboxylic acids is 1. The smallest absolute Gasteiger partial charge is 0.308 e. The van der Waals surface area contributed by atoms with E-state index in [-0.39, 0.29) is 18.4 Å². The third-order valence-corrected chi connectivity index (χ3v) is 5.77. The van der Waals surface area contributed by atoms with Gasteiger partial charge in [-0.25, -0.2) is 0 Å². The van der Waals surface area contributed by atoms with Crippen molar-refractivity contribution in [2.24, 2.45) is 5.92 Å². The Morgan fingerprint density at radius 3 is 2.73 bits per heavy atom. The second kappa shape index (κ2) is 6.59. The monoisotopic (exact) mass is 353 g/mol. The Balaban J connectivity index is 1.62. The minimum atomic E-state index is -0.849. The molecule has 6 heteroatoms. The Morgan fingerprint density at radius 1 is 1.19 bits per heavy atom. The molecule has 1 aromatic carbocycles. The highest BCUT2D eigenvalue weighted by Gasteiger charge is 2.42. The van der Waals surface area contributed by atoms with Crippen LogP contribution in [0.25, 0.3) is 0 Å². The first-order chi connectivity index (χ1) is 12.6.